The van der Waals surface area contributed by atoms with E-state index in [2.05, 4.69) is 5.32 Å². The van der Waals surface area contributed by atoms with Gasteiger partial charge in [0.1, 0.15) is 5.54 Å². The van der Waals surface area contributed by atoms with Gasteiger partial charge in [-0.1, -0.05) is 0 Å². The van der Waals surface area contributed by atoms with Crippen molar-refractivity contribution in [2.24, 2.45) is 23.5 Å². The number of nitrogens with one attached hydrogen (secondary N) is 1. The molecule has 106 valence electrons. The number of nitrogens with two attached hydrogens (primary N) is 1. The van der Waals surface area contributed by atoms with Gasteiger partial charge in [-0.05, 0) is 0 Å². The smallest absolute Gasteiger partial charge is 0.329 e. The molecule has 0 heterocycles. The van der Waals surface area contributed by atoms with Gasteiger partial charge in [-0.3, -0.25) is 9.59 Å². The fraction of sp³-hybridized carbons (Fsp3) is 0.727. The van der Waals surface area contributed by atoms with Crippen molar-refractivity contribution in [2.75, 3.05) is 6.54 Å². The SMILES string of the molecule is NCCC(=O)N[C@@]1(C(=O)O)C[C@H](O)[C@H]2[C@H](C(=O)O)[C@H]21. The Hall–Kier alpha value is -1.67. The highest BCUT2D eigenvalue weighted by Gasteiger charge is 2.75. The number of fused-ring (bicyclic) bond motifs is 1. The quantitative estimate of drug-likeness (QED) is 0.388. The number of aliphatic hydroxyl groups excluding tert-OH is 1. The average molecular weight is 272 g/mol. The molecule has 0 radical (unpaired) electrons. The van der Waals surface area contributed by atoms with Gasteiger partial charge < -0.3 is 26.4 Å². The van der Waals surface area contributed by atoms with Gasteiger partial charge in [0.15, 0.2) is 0 Å². The highest BCUT2D eigenvalue weighted by molar-refractivity contribution is 5.91. The predicted octanol–water partition coefficient (Wildman–Crippen LogP) is -2.01. The van der Waals surface area contributed by atoms with E-state index in [-0.39, 0.29) is 19.4 Å². The van der Waals surface area contributed by atoms with Crippen LogP contribution in [-0.4, -0.2) is 51.4 Å². The summed E-state index contributed by atoms with van der Waals surface area (Å²) in [5, 5.41) is 30.5. The van der Waals surface area contributed by atoms with E-state index >= 15 is 0 Å². The lowest BCUT2D eigenvalue weighted by Crippen LogP contribution is -2.56. The molecule has 1 amide bonds. The summed E-state index contributed by atoms with van der Waals surface area (Å²) in [5.74, 6) is -5.29. The fourth-order valence-corrected chi connectivity index (χ4v) is 3.23. The van der Waals surface area contributed by atoms with Gasteiger partial charge in [0.05, 0.1) is 12.0 Å². The van der Waals surface area contributed by atoms with Crippen molar-refractivity contribution < 1.29 is 29.7 Å². The Morgan fingerprint density at radius 1 is 1.32 bits per heavy atom. The van der Waals surface area contributed by atoms with Crippen LogP contribution in [0.1, 0.15) is 12.8 Å². The Kier molecular flexibility index (Phi) is 3.23. The summed E-state index contributed by atoms with van der Waals surface area (Å²) in [7, 11) is 0. The first-order chi connectivity index (χ1) is 8.85. The molecule has 0 aliphatic heterocycles. The first-order valence-electron chi connectivity index (χ1n) is 6.00. The van der Waals surface area contributed by atoms with E-state index in [4.69, 9.17) is 10.8 Å². The summed E-state index contributed by atoms with van der Waals surface area (Å²) in [6.07, 6.45) is -1.24. The second-order valence-electron chi connectivity index (χ2n) is 5.10. The molecular weight excluding hydrogens is 256 g/mol. The number of carboxylic acid groups (broad SMARTS) is 2. The van der Waals surface area contributed by atoms with E-state index < -0.39 is 47.2 Å². The largest absolute Gasteiger partial charge is 0.481 e. The van der Waals surface area contributed by atoms with Crippen molar-refractivity contribution in [3.05, 3.63) is 0 Å². The molecule has 0 aromatic carbocycles. The van der Waals surface area contributed by atoms with Crippen molar-refractivity contribution in [3.8, 4) is 0 Å². The van der Waals surface area contributed by atoms with Gasteiger partial charge in [-0.2, -0.15) is 0 Å². The summed E-state index contributed by atoms with van der Waals surface area (Å²) in [5.41, 5.74) is 3.52. The molecule has 2 aliphatic rings. The lowest BCUT2D eigenvalue weighted by atomic mass is 9.89. The third-order valence-electron chi connectivity index (χ3n) is 4.02. The minimum atomic E-state index is -1.70. The Morgan fingerprint density at radius 2 is 1.95 bits per heavy atom. The maximum atomic E-state index is 11.6. The standard InChI is InChI=1S/C11H16N2O6/c12-2-1-5(15)13-11(10(18)19)3-4(14)6-7(8(6)11)9(16)17/h4,6-8,14H,1-3,12H2,(H,13,15)(H,16,17)(H,18,19)/t4-,6-,7-,8-,11-/m0/s1. The van der Waals surface area contributed by atoms with E-state index in [0.29, 0.717) is 0 Å². The molecule has 8 heteroatoms. The fourth-order valence-electron chi connectivity index (χ4n) is 3.23. The van der Waals surface area contributed by atoms with Gasteiger partial charge in [0.2, 0.25) is 5.91 Å². The van der Waals surface area contributed by atoms with E-state index in [1.54, 1.807) is 0 Å². The zero-order chi connectivity index (χ0) is 14.4. The summed E-state index contributed by atoms with van der Waals surface area (Å²) in [6, 6.07) is 0. The molecule has 0 saturated heterocycles. The zero-order valence-electron chi connectivity index (χ0n) is 10.1. The normalized spacial score (nSPS) is 39.5. The average Bonchev–Trinajstić information content (AvgIpc) is 2.97. The lowest BCUT2D eigenvalue weighted by Gasteiger charge is -2.29. The highest BCUT2D eigenvalue weighted by atomic mass is 16.4. The van der Waals surface area contributed by atoms with Crippen LogP contribution >= 0.6 is 0 Å². The van der Waals surface area contributed by atoms with Crippen molar-refractivity contribution in [3.63, 3.8) is 0 Å². The number of amides is 1. The third kappa shape index (κ3) is 1.96. The number of aliphatic carboxylic acids is 2. The second kappa shape index (κ2) is 4.46. The van der Waals surface area contributed by atoms with Crippen LogP contribution in [0.15, 0.2) is 0 Å². The van der Waals surface area contributed by atoms with Crippen LogP contribution in [0, 0.1) is 17.8 Å². The van der Waals surface area contributed by atoms with E-state index in [9.17, 15) is 24.6 Å². The predicted molar refractivity (Wildman–Crippen MR) is 60.9 cm³/mol. The molecule has 2 aliphatic carbocycles. The Balaban J connectivity index is 2.24. The molecule has 8 nitrogen and oxygen atoms in total. The molecule has 0 aromatic rings. The molecule has 5 atom stereocenters. The maximum Gasteiger partial charge on any atom is 0.329 e. The Morgan fingerprint density at radius 3 is 2.37 bits per heavy atom. The molecule has 19 heavy (non-hydrogen) atoms. The maximum absolute atomic E-state index is 11.6. The number of hydrogen-bond donors (Lipinski definition) is 5. The third-order valence-corrected chi connectivity index (χ3v) is 4.02. The molecule has 2 saturated carbocycles. The monoisotopic (exact) mass is 272 g/mol. The number of rotatable bonds is 5. The van der Waals surface area contributed by atoms with Crippen LogP contribution < -0.4 is 11.1 Å². The topological polar surface area (TPSA) is 150 Å². The molecule has 0 unspecified atom stereocenters. The number of carbonyl (C=O) groups is 3. The molecule has 6 N–H and O–H groups in total. The van der Waals surface area contributed by atoms with Crippen molar-refractivity contribution in [1.29, 1.82) is 0 Å². The summed E-state index contributed by atoms with van der Waals surface area (Å²) in [6.45, 7) is 0.0700. The minimum absolute atomic E-state index is 0.0414. The first kappa shape index (κ1) is 13.8. The van der Waals surface area contributed by atoms with Crippen LogP contribution in [0.2, 0.25) is 0 Å². The summed E-state index contributed by atoms with van der Waals surface area (Å²) < 4.78 is 0. The number of carboxylic acids is 2. The van der Waals surface area contributed by atoms with Crippen LogP contribution in [0.25, 0.3) is 0 Å². The first-order valence-corrected chi connectivity index (χ1v) is 6.00. The Labute approximate surface area is 108 Å². The van der Waals surface area contributed by atoms with Crippen LogP contribution in [0.4, 0.5) is 0 Å². The lowest BCUT2D eigenvalue weighted by molar-refractivity contribution is -0.150. The molecule has 2 rings (SSSR count). The Bertz CT molecular complexity index is 439. The van der Waals surface area contributed by atoms with Crippen LogP contribution in [0.3, 0.4) is 0 Å². The highest BCUT2D eigenvalue weighted by Crippen LogP contribution is 2.62. The molecule has 2 fully saturated rings. The van der Waals surface area contributed by atoms with E-state index in [0.717, 1.165) is 0 Å². The molecule has 0 spiro atoms. The zero-order valence-corrected chi connectivity index (χ0v) is 10.1. The molecular formula is C11H16N2O6. The van der Waals surface area contributed by atoms with Crippen molar-refractivity contribution >= 4 is 17.8 Å². The van der Waals surface area contributed by atoms with Crippen molar-refractivity contribution in [2.45, 2.75) is 24.5 Å². The number of hydrogen-bond acceptors (Lipinski definition) is 5. The molecule has 0 aromatic heterocycles. The van der Waals surface area contributed by atoms with Crippen molar-refractivity contribution in [1.82, 2.24) is 5.32 Å². The number of aliphatic hydroxyl groups is 1. The number of carbonyl (C=O) groups excluding carboxylic acids is 1. The van der Waals surface area contributed by atoms with Gasteiger partial charge >= 0.3 is 11.9 Å². The minimum Gasteiger partial charge on any atom is -0.481 e. The van der Waals surface area contributed by atoms with E-state index in [1.807, 2.05) is 0 Å². The second-order valence-corrected chi connectivity index (χ2v) is 5.10. The molecule has 0 bridgehead atoms. The summed E-state index contributed by atoms with van der Waals surface area (Å²) >= 11 is 0. The van der Waals surface area contributed by atoms with Gasteiger partial charge in [0.25, 0.3) is 0 Å². The van der Waals surface area contributed by atoms with E-state index in [1.165, 1.54) is 0 Å². The van der Waals surface area contributed by atoms with Gasteiger partial charge in [0, 0.05) is 31.2 Å². The van der Waals surface area contributed by atoms with Gasteiger partial charge in [-0.15, -0.1) is 0 Å². The van der Waals surface area contributed by atoms with Crippen LogP contribution in [-0.2, 0) is 14.4 Å². The van der Waals surface area contributed by atoms with Crippen LogP contribution in [0.5, 0.6) is 0 Å². The summed E-state index contributed by atoms with van der Waals surface area (Å²) in [4.78, 5) is 34.0. The van der Waals surface area contributed by atoms with Gasteiger partial charge in [-0.25, -0.2) is 4.79 Å².